The first-order valence-electron chi connectivity index (χ1n) is 4.73. The highest BCUT2D eigenvalue weighted by atomic mass is 35.5. The minimum absolute atomic E-state index is 0.0920. The van der Waals surface area contributed by atoms with Gasteiger partial charge in [-0.15, -0.1) is 11.6 Å². The SMILES string of the molecule is CCOC(=O)[C@@H]1C[C@H](Cl)CN1CC. The van der Waals surface area contributed by atoms with E-state index in [1.807, 2.05) is 13.8 Å². The Balaban J connectivity index is 2.52. The summed E-state index contributed by atoms with van der Waals surface area (Å²) < 4.78 is 4.97. The summed E-state index contributed by atoms with van der Waals surface area (Å²) in [5.41, 5.74) is 0. The fraction of sp³-hybridized carbons (Fsp3) is 0.889. The summed E-state index contributed by atoms with van der Waals surface area (Å²) in [7, 11) is 0. The smallest absolute Gasteiger partial charge is 0.323 e. The lowest BCUT2D eigenvalue weighted by Crippen LogP contribution is -2.37. The van der Waals surface area contributed by atoms with Gasteiger partial charge in [0.05, 0.1) is 6.61 Å². The molecule has 0 aliphatic carbocycles. The highest BCUT2D eigenvalue weighted by Gasteiger charge is 2.35. The first kappa shape index (κ1) is 10.8. The molecular weight excluding hydrogens is 190 g/mol. The van der Waals surface area contributed by atoms with Crippen molar-refractivity contribution in [2.45, 2.75) is 31.7 Å². The first-order chi connectivity index (χ1) is 6.19. The Morgan fingerprint density at radius 2 is 2.31 bits per heavy atom. The first-order valence-corrected chi connectivity index (χ1v) is 5.17. The van der Waals surface area contributed by atoms with Gasteiger partial charge in [-0.2, -0.15) is 0 Å². The van der Waals surface area contributed by atoms with Crippen molar-refractivity contribution in [2.75, 3.05) is 19.7 Å². The number of esters is 1. The molecule has 0 bridgehead atoms. The van der Waals surface area contributed by atoms with Gasteiger partial charge in [-0.3, -0.25) is 9.69 Å². The maximum Gasteiger partial charge on any atom is 0.323 e. The lowest BCUT2D eigenvalue weighted by atomic mass is 10.2. The monoisotopic (exact) mass is 205 g/mol. The normalized spacial score (nSPS) is 29.2. The molecule has 0 N–H and O–H groups in total. The van der Waals surface area contributed by atoms with E-state index < -0.39 is 0 Å². The third kappa shape index (κ3) is 2.58. The molecule has 0 saturated carbocycles. The van der Waals surface area contributed by atoms with E-state index in [2.05, 4.69) is 4.90 Å². The predicted octanol–water partition coefficient (Wildman–Crippen LogP) is 1.25. The molecule has 13 heavy (non-hydrogen) atoms. The molecule has 4 heteroatoms. The Morgan fingerprint density at radius 3 is 2.85 bits per heavy atom. The molecule has 76 valence electrons. The van der Waals surface area contributed by atoms with Gasteiger partial charge in [0.15, 0.2) is 0 Å². The number of likely N-dealkylation sites (N-methyl/N-ethyl adjacent to an activating group) is 1. The number of halogens is 1. The van der Waals surface area contributed by atoms with E-state index in [9.17, 15) is 4.79 Å². The van der Waals surface area contributed by atoms with E-state index in [1.54, 1.807) is 0 Å². The second-order valence-corrected chi connectivity index (χ2v) is 3.81. The minimum Gasteiger partial charge on any atom is -0.465 e. The Morgan fingerprint density at radius 1 is 1.62 bits per heavy atom. The van der Waals surface area contributed by atoms with Crippen molar-refractivity contribution in [3.8, 4) is 0 Å². The highest BCUT2D eigenvalue weighted by Crippen LogP contribution is 2.22. The molecule has 0 amide bonds. The fourth-order valence-electron chi connectivity index (χ4n) is 1.68. The maximum absolute atomic E-state index is 11.4. The summed E-state index contributed by atoms with van der Waals surface area (Å²) in [4.78, 5) is 13.5. The third-order valence-corrected chi connectivity index (χ3v) is 2.63. The van der Waals surface area contributed by atoms with Crippen LogP contribution in [0.25, 0.3) is 0 Å². The number of carbonyl (C=O) groups is 1. The number of likely N-dealkylation sites (tertiary alicyclic amines) is 1. The van der Waals surface area contributed by atoms with E-state index in [-0.39, 0.29) is 17.4 Å². The molecule has 1 aliphatic rings. The van der Waals surface area contributed by atoms with Gasteiger partial charge in [-0.1, -0.05) is 6.92 Å². The van der Waals surface area contributed by atoms with Crippen molar-refractivity contribution in [2.24, 2.45) is 0 Å². The Labute approximate surface area is 84.0 Å². The Hall–Kier alpha value is -0.280. The van der Waals surface area contributed by atoms with Gasteiger partial charge in [0, 0.05) is 11.9 Å². The molecule has 1 fully saturated rings. The number of nitrogens with zero attached hydrogens (tertiary/aromatic N) is 1. The molecule has 3 nitrogen and oxygen atoms in total. The highest BCUT2D eigenvalue weighted by molar-refractivity contribution is 6.21. The van der Waals surface area contributed by atoms with Crippen LogP contribution < -0.4 is 0 Å². The fourth-order valence-corrected chi connectivity index (χ4v) is 2.03. The largest absolute Gasteiger partial charge is 0.465 e. The van der Waals surface area contributed by atoms with Gasteiger partial charge < -0.3 is 4.74 Å². The van der Waals surface area contributed by atoms with Crippen molar-refractivity contribution >= 4 is 17.6 Å². The number of hydrogen-bond acceptors (Lipinski definition) is 3. The molecule has 0 aromatic rings. The van der Waals surface area contributed by atoms with Crippen LogP contribution in [0.5, 0.6) is 0 Å². The van der Waals surface area contributed by atoms with Gasteiger partial charge in [0.2, 0.25) is 0 Å². The number of rotatable bonds is 3. The second kappa shape index (κ2) is 4.82. The van der Waals surface area contributed by atoms with E-state index >= 15 is 0 Å². The molecule has 1 saturated heterocycles. The zero-order valence-electron chi connectivity index (χ0n) is 8.12. The van der Waals surface area contributed by atoms with Crippen LogP contribution in [0.2, 0.25) is 0 Å². The van der Waals surface area contributed by atoms with Gasteiger partial charge in [0.1, 0.15) is 6.04 Å². The minimum atomic E-state index is -0.132. The Bertz CT molecular complexity index is 186. The summed E-state index contributed by atoms with van der Waals surface area (Å²) in [6.07, 6.45) is 0.716. The lowest BCUT2D eigenvalue weighted by Gasteiger charge is -2.20. The predicted molar refractivity (Wildman–Crippen MR) is 51.9 cm³/mol. The molecule has 2 atom stereocenters. The molecule has 0 aromatic heterocycles. The van der Waals surface area contributed by atoms with Gasteiger partial charge in [0.25, 0.3) is 0 Å². The molecular formula is C9H16ClNO2. The van der Waals surface area contributed by atoms with E-state index in [1.165, 1.54) is 0 Å². The van der Waals surface area contributed by atoms with Crippen LogP contribution in [0, 0.1) is 0 Å². The summed E-state index contributed by atoms with van der Waals surface area (Å²) in [6.45, 7) is 5.94. The van der Waals surface area contributed by atoms with Crippen LogP contribution in [0.15, 0.2) is 0 Å². The average molecular weight is 206 g/mol. The molecule has 0 radical (unpaired) electrons. The quantitative estimate of drug-likeness (QED) is 0.513. The van der Waals surface area contributed by atoms with Crippen molar-refractivity contribution in [1.29, 1.82) is 0 Å². The van der Waals surface area contributed by atoms with Crippen molar-refractivity contribution in [1.82, 2.24) is 4.90 Å². The topological polar surface area (TPSA) is 29.5 Å². The van der Waals surface area contributed by atoms with Crippen LogP contribution in [0.1, 0.15) is 20.3 Å². The molecule has 0 aromatic carbocycles. The third-order valence-electron chi connectivity index (χ3n) is 2.32. The summed E-state index contributed by atoms with van der Waals surface area (Å²) in [5, 5.41) is 0.0920. The molecule has 0 spiro atoms. The van der Waals surface area contributed by atoms with Gasteiger partial charge in [-0.05, 0) is 19.9 Å². The summed E-state index contributed by atoms with van der Waals surface area (Å²) >= 11 is 5.98. The van der Waals surface area contributed by atoms with Crippen LogP contribution >= 0.6 is 11.6 Å². The Kier molecular flexibility index (Phi) is 4.00. The molecule has 1 rings (SSSR count). The van der Waals surface area contributed by atoms with E-state index in [4.69, 9.17) is 16.3 Å². The molecule has 1 heterocycles. The number of carbonyl (C=O) groups excluding carboxylic acids is 1. The van der Waals surface area contributed by atoms with Crippen molar-refractivity contribution in [3.63, 3.8) is 0 Å². The van der Waals surface area contributed by atoms with Crippen molar-refractivity contribution in [3.05, 3.63) is 0 Å². The maximum atomic E-state index is 11.4. The van der Waals surface area contributed by atoms with Crippen LogP contribution in [0.3, 0.4) is 0 Å². The van der Waals surface area contributed by atoms with Crippen LogP contribution in [0.4, 0.5) is 0 Å². The number of ether oxygens (including phenoxy) is 1. The van der Waals surface area contributed by atoms with Gasteiger partial charge in [-0.25, -0.2) is 0 Å². The van der Waals surface area contributed by atoms with Crippen LogP contribution in [-0.2, 0) is 9.53 Å². The number of alkyl halides is 1. The summed E-state index contributed by atoms with van der Waals surface area (Å²) in [5.74, 6) is -0.132. The zero-order chi connectivity index (χ0) is 9.84. The van der Waals surface area contributed by atoms with E-state index in [0.717, 1.165) is 13.1 Å². The second-order valence-electron chi connectivity index (χ2n) is 3.19. The number of hydrogen-bond donors (Lipinski definition) is 0. The van der Waals surface area contributed by atoms with Crippen molar-refractivity contribution < 1.29 is 9.53 Å². The van der Waals surface area contributed by atoms with Crippen LogP contribution in [-0.4, -0.2) is 42.0 Å². The summed E-state index contributed by atoms with van der Waals surface area (Å²) in [6, 6.07) is -0.118. The zero-order valence-corrected chi connectivity index (χ0v) is 8.88. The van der Waals surface area contributed by atoms with E-state index in [0.29, 0.717) is 13.0 Å². The lowest BCUT2D eigenvalue weighted by molar-refractivity contribution is -0.148. The molecule has 0 unspecified atom stereocenters. The van der Waals surface area contributed by atoms with Gasteiger partial charge >= 0.3 is 5.97 Å². The average Bonchev–Trinajstić information content (AvgIpc) is 2.47. The molecule has 1 aliphatic heterocycles. The standard InChI is InChI=1S/C9H16ClNO2/c1-3-11-6-7(10)5-8(11)9(12)13-4-2/h7-8H,3-6H2,1-2H3/t7-,8-/m0/s1.